The number of piperazine rings is 1. The number of hydrogen-bond acceptors (Lipinski definition) is 7. The van der Waals surface area contributed by atoms with Crippen molar-refractivity contribution in [2.24, 2.45) is 0 Å². The van der Waals surface area contributed by atoms with E-state index in [0.717, 1.165) is 18.8 Å². The highest BCUT2D eigenvalue weighted by atomic mass is 32.1. The Morgan fingerprint density at radius 2 is 1.60 bits per heavy atom. The van der Waals surface area contributed by atoms with E-state index in [1.807, 2.05) is 59.5 Å². The van der Waals surface area contributed by atoms with Gasteiger partial charge in [-0.15, -0.1) is 0 Å². The third-order valence-electron chi connectivity index (χ3n) is 6.48. The van der Waals surface area contributed by atoms with E-state index in [1.54, 1.807) is 18.2 Å². The lowest BCUT2D eigenvalue weighted by Crippen LogP contribution is -2.48. The van der Waals surface area contributed by atoms with Gasteiger partial charge in [0.05, 0.1) is 4.92 Å². The summed E-state index contributed by atoms with van der Waals surface area (Å²) >= 11 is 5.29. The van der Waals surface area contributed by atoms with Crippen molar-refractivity contribution in [2.45, 2.75) is 0 Å². The van der Waals surface area contributed by atoms with E-state index >= 15 is 0 Å². The summed E-state index contributed by atoms with van der Waals surface area (Å²) < 4.78 is 5.60. The Hall–Kier alpha value is -5.03. The third kappa shape index (κ3) is 6.16. The molecule has 0 aliphatic carbocycles. The number of nitrogens with one attached hydrogen (secondary N) is 2. The van der Waals surface area contributed by atoms with Crippen LogP contribution >= 0.6 is 12.2 Å². The van der Waals surface area contributed by atoms with E-state index in [9.17, 15) is 19.7 Å². The largest absolute Gasteiger partial charge is 0.451 e. The summed E-state index contributed by atoms with van der Waals surface area (Å²) in [6.45, 7) is 2.72. The fourth-order valence-corrected chi connectivity index (χ4v) is 4.61. The highest BCUT2D eigenvalue weighted by Gasteiger charge is 2.22. The molecule has 0 atom stereocenters. The van der Waals surface area contributed by atoms with Gasteiger partial charge in [0.2, 0.25) is 0 Å². The molecule has 0 spiro atoms. The first-order valence-electron chi connectivity index (χ1n) is 12.5. The van der Waals surface area contributed by atoms with Gasteiger partial charge in [0.1, 0.15) is 5.76 Å². The molecule has 2 heterocycles. The highest BCUT2D eigenvalue weighted by Crippen LogP contribution is 2.26. The molecular weight excluding hydrogens is 530 g/mol. The number of carbonyl (C=O) groups excluding carboxylic acids is 2. The standard InChI is InChI=1S/C29H25N5O5S/c35-27(26-14-13-25(39-26)21-7-4-8-24(19-21)34(37)38)31-29(40)30-22-9-11-23(12-10-22)32-15-17-33(18-16-32)28(36)20-5-2-1-3-6-20/h1-14,19H,15-18H2,(H2,30,31,35,40). The molecule has 11 heteroatoms. The molecule has 2 N–H and O–H groups in total. The van der Waals surface area contributed by atoms with Gasteiger partial charge in [-0.05, 0) is 60.7 Å². The maximum Gasteiger partial charge on any atom is 0.293 e. The topological polar surface area (TPSA) is 121 Å². The van der Waals surface area contributed by atoms with Crippen molar-refractivity contribution < 1.29 is 18.9 Å². The predicted molar refractivity (Wildman–Crippen MR) is 155 cm³/mol. The van der Waals surface area contributed by atoms with Crippen LogP contribution in [0.25, 0.3) is 11.3 Å². The minimum absolute atomic E-state index is 0.0193. The summed E-state index contributed by atoms with van der Waals surface area (Å²) in [7, 11) is 0. The van der Waals surface area contributed by atoms with Gasteiger partial charge in [-0.2, -0.15) is 0 Å². The maximum absolute atomic E-state index is 12.7. The molecule has 2 amide bonds. The van der Waals surface area contributed by atoms with E-state index in [-0.39, 0.29) is 22.5 Å². The maximum atomic E-state index is 12.7. The molecule has 1 fully saturated rings. The van der Waals surface area contributed by atoms with Gasteiger partial charge in [-0.25, -0.2) is 0 Å². The number of furan rings is 1. The number of thiocarbonyl (C=S) groups is 1. The molecule has 1 aliphatic heterocycles. The second kappa shape index (κ2) is 11.8. The Labute approximate surface area is 235 Å². The minimum atomic E-state index is -0.547. The lowest BCUT2D eigenvalue weighted by molar-refractivity contribution is -0.384. The number of anilines is 2. The van der Waals surface area contributed by atoms with Gasteiger partial charge in [0.15, 0.2) is 10.9 Å². The van der Waals surface area contributed by atoms with Crippen LogP contribution in [0.4, 0.5) is 17.1 Å². The second-order valence-corrected chi connectivity index (χ2v) is 9.48. The fourth-order valence-electron chi connectivity index (χ4n) is 4.40. The number of nitro benzene ring substituents is 1. The van der Waals surface area contributed by atoms with Gasteiger partial charge < -0.3 is 19.5 Å². The van der Waals surface area contributed by atoms with Crippen LogP contribution in [0.5, 0.6) is 0 Å². The summed E-state index contributed by atoms with van der Waals surface area (Å²) in [6.07, 6.45) is 0. The van der Waals surface area contributed by atoms with Crippen LogP contribution in [-0.2, 0) is 0 Å². The minimum Gasteiger partial charge on any atom is -0.451 e. The predicted octanol–water partition coefficient (Wildman–Crippen LogP) is 4.94. The van der Waals surface area contributed by atoms with Crippen LogP contribution in [0.1, 0.15) is 20.9 Å². The van der Waals surface area contributed by atoms with Crippen LogP contribution in [0.3, 0.4) is 0 Å². The summed E-state index contributed by atoms with van der Waals surface area (Å²) in [5.41, 5.74) is 2.83. The Kier molecular flexibility index (Phi) is 7.83. The lowest BCUT2D eigenvalue weighted by Gasteiger charge is -2.36. The molecule has 1 saturated heterocycles. The van der Waals surface area contributed by atoms with Crippen molar-refractivity contribution in [2.75, 3.05) is 36.4 Å². The number of nitro groups is 1. The smallest absolute Gasteiger partial charge is 0.293 e. The van der Waals surface area contributed by atoms with Gasteiger partial charge in [-0.1, -0.05) is 30.3 Å². The first-order valence-corrected chi connectivity index (χ1v) is 12.9. The van der Waals surface area contributed by atoms with Crippen LogP contribution in [0.2, 0.25) is 0 Å². The number of nitrogens with zero attached hydrogens (tertiary/aromatic N) is 3. The molecule has 1 aliphatic rings. The first-order chi connectivity index (χ1) is 19.4. The van der Waals surface area contributed by atoms with Gasteiger partial charge >= 0.3 is 0 Å². The van der Waals surface area contributed by atoms with Crippen LogP contribution in [-0.4, -0.2) is 52.9 Å². The van der Waals surface area contributed by atoms with Gasteiger partial charge in [-0.3, -0.25) is 25.0 Å². The molecule has 0 radical (unpaired) electrons. The third-order valence-corrected chi connectivity index (χ3v) is 6.68. The summed E-state index contributed by atoms with van der Waals surface area (Å²) in [5, 5.41) is 16.7. The number of non-ortho nitro benzene ring substituents is 1. The number of hydrogen-bond donors (Lipinski definition) is 2. The zero-order valence-corrected chi connectivity index (χ0v) is 22.1. The van der Waals surface area contributed by atoms with Crippen molar-refractivity contribution in [3.8, 4) is 11.3 Å². The van der Waals surface area contributed by atoms with Crippen molar-refractivity contribution in [1.29, 1.82) is 0 Å². The molecule has 4 aromatic rings. The van der Waals surface area contributed by atoms with Crippen molar-refractivity contribution in [1.82, 2.24) is 10.2 Å². The quantitative estimate of drug-likeness (QED) is 0.195. The Morgan fingerprint density at radius 3 is 2.30 bits per heavy atom. The molecule has 10 nitrogen and oxygen atoms in total. The monoisotopic (exact) mass is 555 g/mol. The Morgan fingerprint density at radius 1 is 0.875 bits per heavy atom. The second-order valence-electron chi connectivity index (χ2n) is 9.07. The molecule has 0 unspecified atom stereocenters. The average Bonchev–Trinajstić information content (AvgIpc) is 3.49. The summed E-state index contributed by atoms with van der Waals surface area (Å²) in [6, 6.07) is 26.0. The SMILES string of the molecule is O=C(NC(=S)Nc1ccc(N2CCN(C(=O)c3ccccc3)CC2)cc1)c1ccc(-c2cccc([N+](=O)[O-])c2)o1. The van der Waals surface area contributed by atoms with Crippen molar-refractivity contribution in [3.63, 3.8) is 0 Å². The van der Waals surface area contributed by atoms with E-state index < -0.39 is 10.8 Å². The van der Waals surface area contributed by atoms with Crippen LogP contribution in [0.15, 0.2) is 95.4 Å². The molecule has 40 heavy (non-hydrogen) atoms. The fraction of sp³-hybridized carbons (Fsp3) is 0.138. The van der Waals surface area contributed by atoms with Gasteiger partial charge in [0.25, 0.3) is 17.5 Å². The first kappa shape index (κ1) is 26.6. The van der Waals surface area contributed by atoms with Crippen molar-refractivity contribution in [3.05, 3.63) is 112 Å². The Bertz CT molecular complexity index is 1550. The number of carbonyl (C=O) groups is 2. The average molecular weight is 556 g/mol. The molecule has 202 valence electrons. The molecule has 0 saturated carbocycles. The molecule has 5 rings (SSSR count). The van der Waals surface area contributed by atoms with E-state index in [4.69, 9.17) is 16.6 Å². The normalized spacial score (nSPS) is 13.0. The molecular formula is C29H25N5O5S. The Balaban J connectivity index is 1.12. The zero-order chi connectivity index (χ0) is 28.1. The molecule has 0 bridgehead atoms. The number of amides is 2. The zero-order valence-electron chi connectivity index (χ0n) is 21.3. The van der Waals surface area contributed by atoms with Crippen LogP contribution in [0, 0.1) is 10.1 Å². The highest BCUT2D eigenvalue weighted by molar-refractivity contribution is 7.80. The molecule has 1 aromatic heterocycles. The number of benzene rings is 3. The van der Waals surface area contributed by atoms with Crippen LogP contribution < -0.4 is 15.5 Å². The summed E-state index contributed by atoms with van der Waals surface area (Å²) in [5.74, 6) is -0.154. The van der Waals surface area contributed by atoms with E-state index in [1.165, 1.54) is 18.2 Å². The number of rotatable bonds is 6. The summed E-state index contributed by atoms with van der Waals surface area (Å²) in [4.78, 5) is 39.9. The van der Waals surface area contributed by atoms with Crippen molar-refractivity contribution >= 4 is 46.2 Å². The lowest BCUT2D eigenvalue weighted by atomic mass is 10.1. The molecule has 3 aromatic carbocycles. The van der Waals surface area contributed by atoms with E-state index in [0.29, 0.717) is 35.7 Å². The van der Waals surface area contributed by atoms with Gasteiger partial charge in [0, 0.05) is 60.8 Å². The van der Waals surface area contributed by atoms with E-state index in [2.05, 4.69) is 15.5 Å².